The van der Waals surface area contributed by atoms with Crippen LogP contribution >= 0.6 is 0 Å². The molecule has 168 valence electrons. The summed E-state index contributed by atoms with van der Waals surface area (Å²) in [4.78, 5) is 0.244. The van der Waals surface area contributed by atoms with Gasteiger partial charge in [0, 0.05) is 18.7 Å². The second-order valence-corrected chi connectivity index (χ2v) is 9.56. The zero-order chi connectivity index (χ0) is 22.1. The van der Waals surface area contributed by atoms with Gasteiger partial charge < -0.3 is 18.6 Å². The van der Waals surface area contributed by atoms with Gasteiger partial charge in [0.25, 0.3) is 0 Å². The van der Waals surface area contributed by atoms with E-state index in [2.05, 4.69) is 10.2 Å². The van der Waals surface area contributed by atoms with E-state index in [-0.39, 0.29) is 24.2 Å². The lowest BCUT2D eigenvalue weighted by molar-refractivity contribution is 0.174. The van der Waals surface area contributed by atoms with Crippen molar-refractivity contribution in [2.24, 2.45) is 0 Å². The topological polar surface area (TPSA) is 104 Å². The molecule has 10 heteroatoms. The van der Waals surface area contributed by atoms with E-state index in [0.29, 0.717) is 48.6 Å². The molecule has 0 N–H and O–H groups in total. The number of aromatic nitrogens is 2. The Hall–Kier alpha value is -3.11. The molecule has 1 unspecified atom stereocenters. The first-order valence-corrected chi connectivity index (χ1v) is 11.9. The number of rotatable bonds is 6. The number of benzene rings is 2. The van der Waals surface area contributed by atoms with Crippen LogP contribution in [0.3, 0.4) is 0 Å². The first kappa shape index (κ1) is 20.8. The fourth-order valence-electron chi connectivity index (χ4n) is 3.93. The van der Waals surface area contributed by atoms with Gasteiger partial charge in [-0.05, 0) is 62.2 Å². The minimum absolute atomic E-state index is 0.170. The van der Waals surface area contributed by atoms with Crippen LogP contribution in [0.4, 0.5) is 0 Å². The fraction of sp³-hybridized carbons (Fsp3) is 0.364. The van der Waals surface area contributed by atoms with E-state index in [0.717, 1.165) is 12.0 Å². The average Bonchev–Trinajstić information content (AvgIpc) is 3.49. The van der Waals surface area contributed by atoms with Gasteiger partial charge in [-0.3, -0.25) is 0 Å². The van der Waals surface area contributed by atoms with Gasteiger partial charge in [-0.15, -0.1) is 10.2 Å². The molecule has 1 saturated heterocycles. The summed E-state index contributed by atoms with van der Waals surface area (Å²) < 4.78 is 49.9. The average molecular weight is 458 g/mol. The van der Waals surface area contributed by atoms with Crippen molar-refractivity contribution in [3.63, 3.8) is 0 Å². The number of nitrogens with zero attached hydrogens (tertiary/aromatic N) is 3. The summed E-state index contributed by atoms with van der Waals surface area (Å²) in [5.41, 5.74) is 0.725. The van der Waals surface area contributed by atoms with Crippen molar-refractivity contribution >= 4 is 10.0 Å². The van der Waals surface area contributed by atoms with Crippen molar-refractivity contribution in [2.75, 3.05) is 26.5 Å². The molecule has 9 nitrogen and oxygen atoms in total. The summed E-state index contributed by atoms with van der Waals surface area (Å²) >= 11 is 0. The smallest absolute Gasteiger partial charge is 0.247 e. The van der Waals surface area contributed by atoms with E-state index in [9.17, 15) is 8.42 Å². The Labute approximate surface area is 186 Å². The third kappa shape index (κ3) is 3.91. The molecule has 2 aromatic carbocycles. The van der Waals surface area contributed by atoms with Gasteiger partial charge in [-0.1, -0.05) is 0 Å². The summed E-state index contributed by atoms with van der Waals surface area (Å²) in [6.07, 6.45) is 1.49. The number of sulfonamides is 1. The monoisotopic (exact) mass is 457 g/mol. The third-order valence-corrected chi connectivity index (χ3v) is 7.45. The number of piperidine rings is 1. The van der Waals surface area contributed by atoms with Crippen LogP contribution in [0.5, 0.6) is 17.2 Å². The molecule has 0 saturated carbocycles. The van der Waals surface area contributed by atoms with E-state index in [1.165, 1.54) is 4.31 Å². The zero-order valence-electron chi connectivity index (χ0n) is 17.6. The van der Waals surface area contributed by atoms with Gasteiger partial charge >= 0.3 is 0 Å². The van der Waals surface area contributed by atoms with Crippen molar-refractivity contribution in [3.05, 3.63) is 48.4 Å². The van der Waals surface area contributed by atoms with Crippen LogP contribution in [0.2, 0.25) is 0 Å². The summed E-state index contributed by atoms with van der Waals surface area (Å²) in [7, 11) is -3.63. The van der Waals surface area contributed by atoms with Crippen LogP contribution in [0.1, 0.15) is 31.6 Å². The lowest BCUT2D eigenvalue weighted by atomic mass is 10.00. The molecule has 5 rings (SSSR count). The SMILES string of the molecule is CCOc1ccc(S(=O)(=O)N2CCCC(c3nnc(-c4ccc5c(c4)OCO5)o3)C2)cc1. The highest BCUT2D eigenvalue weighted by Crippen LogP contribution is 2.37. The first-order valence-electron chi connectivity index (χ1n) is 10.5. The molecule has 1 aromatic heterocycles. The maximum Gasteiger partial charge on any atom is 0.247 e. The molecule has 0 radical (unpaired) electrons. The molecule has 2 aliphatic heterocycles. The van der Waals surface area contributed by atoms with Crippen LogP contribution in [0, 0.1) is 0 Å². The van der Waals surface area contributed by atoms with Crippen molar-refractivity contribution in [3.8, 4) is 28.7 Å². The second-order valence-electron chi connectivity index (χ2n) is 7.62. The number of ether oxygens (including phenoxy) is 3. The van der Waals surface area contributed by atoms with Crippen molar-refractivity contribution in [1.82, 2.24) is 14.5 Å². The standard InChI is InChI=1S/C22H23N3O6S/c1-2-28-17-6-8-18(9-7-17)32(26,27)25-11-3-4-16(13-25)22-24-23-21(31-22)15-5-10-19-20(12-15)30-14-29-19/h5-10,12,16H,2-4,11,13-14H2,1H3. The van der Waals surface area contributed by atoms with Crippen molar-refractivity contribution in [1.29, 1.82) is 0 Å². The molecule has 1 fully saturated rings. The van der Waals surface area contributed by atoms with Gasteiger partial charge in [-0.25, -0.2) is 8.42 Å². The Kier molecular flexibility index (Phi) is 5.48. The molecular formula is C22H23N3O6S. The second kappa shape index (κ2) is 8.44. The highest BCUT2D eigenvalue weighted by Gasteiger charge is 2.33. The molecule has 3 heterocycles. The number of fused-ring (bicyclic) bond motifs is 1. The highest BCUT2D eigenvalue weighted by atomic mass is 32.2. The number of hydrogen-bond acceptors (Lipinski definition) is 8. The Bertz CT molecular complexity index is 1210. The third-order valence-electron chi connectivity index (χ3n) is 5.57. The normalized spacial score (nSPS) is 18.6. The minimum atomic E-state index is -3.63. The van der Waals surface area contributed by atoms with E-state index in [4.69, 9.17) is 18.6 Å². The molecule has 2 aliphatic rings. The zero-order valence-corrected chi connectivity index (χ0v) is 18.4. The number of hydrogen-bond donors (Lipinski definition) is 0. The summed E-state index contributed by atoms with van der Waals surface area (Å²) in [5.74, 6) is 2.58. The van der Waals surface area contributed by atoms with Gasteiger partial charge in [0.05, 0.1) is 17.4 Å². The Morgan fingerprint density at radius 2 is 1.91 bits per heavy atom. The summed E-state index contributed by atoms with van der Waals surface area (Å²) in [6, 6.07) is 11.9. The molecule has 0 bridgehead atoms. The summed E-state index contributed by atoms with van der Waals surface area (Å²) in [6.45, 7) is 3.34. The van der Waals surface area contributed by atoms with Crippen molar-refractivity contribution < 1.29 is 27.0 Å². The quantitative estimate of drug-likeness (QED) is 0.555. The van der Waals surface area contributed by atoms with Gasteiger partial charge in [0.2, 0.25) is 28.6 Å². The Balaban J connectivity index is 1.33. The molecule has 1 atom stereocenters. The largest absolute Gasteiger partial charge is 0.494 e. The maximum absolute atomic E-state index is 13.2. The molecule has 0 aliphatic carbocycles. The van der Waals surface area contributed by atoms with Crippen LogP contribution in [0.25, 0.3) is 11.5 Å². The van der Waals surface area contributed by atoms with Crippen LogP contribution in [-0.2, 0) is 10.0 Å². The van der Waals surface area contributed by atoms with Gasteiger partial charge in [0.1, 0.15) is 5.75 Å². The lowest BCUT2D eigenvalue weighted by Gasteiger charge is -2.30. The molecule has 32 heavy (non-hydrogen) atoms. The van der Waals surface area contributed by atoms with E-state index < -0.39 is 10.0 Å². The van der Waals surface area contributed by atoms with Crippen LogP contribution in [0.15, 0.2) is 51.8 Å². The predicted octanol–water partition coefficient (Wildman–Crippen LogP) is 3.43. The molecule has 0 spiro atoms. The van der Waals surface area contributed by atoms with Gasteiger partial charge in [-0.2, -0.15) is 4.31 Å². The minimum Gasteiger partial charge on any atom is -0.494 e. The van der Waals surface area contributed by atoms with E-state index in [1.54, 1.807) is 36.4 Å². The molecular weight excluding hydrogens is 434 g/mol. The lowest BCUT2D eigenvalue weighted by Crippen LogP contribution is -2.39. The Morgan fingerprint density at radius 3 is 2.72 bits per heavy atom. The predicted molar refractivity (Wildman–Crippen MR) is 114 cm³/mol. The molecule has 3 aromatic rings. The Morgan fingerprint density at radius 1 is 1.09 bits per heavy atom. The summed E-state index contributed by atoms with van der Waals surface area (Å²) in [5, 5.41) is 8.37. The molecule has 0 amide bonds. The van der Waals surface area contributed by atoms with Gasteiger partial charge in [0.15, 0.2) is 11.5 Å². The maximum atomic E-state index is 13.2. The van der Waals surface area contributed by atoms with E-state index in [1.807, 2.05) is 13.0 Å². The van der Waals surface area contributed by atoms with Crippen LogP contribution in [-0.4, -0.2) is 49.4 Å². The fourth-order valence-corrected chi connectivity index (χ4v) is 5.46. The van der Waals surface area contributed by atoms with Crippen molar-refractivity contribution in [2.45, 2.75) is 30.6 Å². The highest BCUT2D eigenvalue weighted by molar-refractivity contribution is 7.89. The van der Waals surface area contributed by atoms with E-state index >= 15 is 0 Å². The van der Waals surface area contributed by atoms with Crippen LogP contribution < -0.4 is 14.2 Å². The first-order chi connectivity index (χ1) is 15.5.